The van der Waals surface area contributed by atoms with Crippen LogP contribution in [0.15, 0.2) is 17.0 Å². The molecule has 0 atom stereocenters. The molecule has 1 aromatic rings. The Morgan fingerprint density at radius 2 is 1.87 bits per heavy atom. The summed E-state index contributed by atoms with van der Waals surface area (Å²) in [6, 6.07) is 2.87. The number of halogens is 1. The molecule has 0 aliphatic rings. The molecule has 0 spiro atoms. The van der Waals surface area contributed by atoms with Crippen LogP contribution in [0, 0.1) is 6.92 Å². The van der Waals surface area contributed by atoms with Crippen LogP contribution in [0.1, 0.15) is 5.56 Å². The van der Waals surface area contributed by atoms with Crippen LogP contribution in [-0.4, -0.2) is 26.8 Å². The normalized spacial score (nSPS) is 12.1. The van der Waals surface area contributed by atoms with E-state index in [4.69, 9.17) is 17.3 Å². The maximum absolute atomic E-state index is 11.8. The van der Waals surface area contributed by atoms with Gasteiger partial charge < -0.3 is 5.73 Å². The van der Waals surface area contributed by atoms with Crippen molar-refractivity contribution in [1.82, 2.24) is 4.31 Å². The quantitative estimate of drug-likeness (QED) is 0.807. The lowest BCUT2D eigenvalue weighted by atomic mass is 10.2. The Kier molecular flexibility index (Phi) is 3.28. The van der Waals surface area contributed by atoms with Crippen LogP contribution in [-0.2, 0) is 10.0 Å². The third-order valence-electron chi connectivity index (χ3n) is 2.03. The van der Waals surface area contributed by atoms with Crippen molar-refractivity contribution in [3.05, 3.63) is 22.7 Å². The number of anilines is 1. The van der Waals surface area contributed by atoms with E-state index in [1.54, 1.807) is 6.92 Å². The minimum Gasteiger partial charge on any atom is -0.397 e. The van der Waals surface area contributed by atoms with Crippen molar-refractivity contribution in [3.63, 3.8) is 0 Å². The number of benzene rings is 1. The molecular weight excluding hydrogens is 236 g/mol. The maximum Gasteiger partial charge on any atom is 0.242 e. The van der Waals surface area contributed by atoms with Crippen LogP contribution in [0.3, 0.4) is 0 Å². The van der Waals surface area contributed by atoms with Gasteiger partial charge in [0.1, 0.15) is 0 Å². The molecule has 0 saturated heterocycles. The monoisotopic (exact) mass is 248 g/mol. The summed E-state index contributed by atoms with van der Waals surface area (Å²) in [5.41, 5.74) is 6.53. The highest BCUT2D eigenvalue weighted by molar-refractivity contribution is 7.89. The van der Waals surface area contributed by atoms with Gasteiger partial charge in [-0.05, 0) is 24.6 Å². The number of nitrogens with zero attached hydrogens (tertiary/aromatic N) is 1. The molecule has 2 N–H and O–H groups in total. The molecule has 84 valence electrons. The summed E-state index contributed by atoms with van der Waals surface area (Å²) in [5, 5.41) is 0.396. The van der Waals surface area contributed by atoms with Gasteiger partial charge in [-0.15, -0.1) is 0 Å². The fraction of sp³-hybridized carbons (Fsp3) is 0.333. The van der Waals surface area contributed by atoms with E-state index in [0.29, 0.717) is 10.6 Å². The van der Waals surface area contributed by atoms with Gasteiger partial charge in [0.15, 0.2) is 0 Å². The average molecular weight is 249 g/mol. The molecule has 15 heavy (non-hydrogen) atoms. The molecule has 0 aliphatic heterocycles. The molecule has 1 rings (SSSR count). The number of aryl methyl sites for hydroxylation is 1. The fourth-order valence-corrected chi connectivity index (χ4v) is 2.25. The standard InChI is InChI=1S/C9H13ClN2O2S/c1-6-4-7(5-8(11)9(6)10)15(13,14)12(2)3/h4-5H,11H2,1-3H3. The Bertz CT molecular complexity index is 460. The van der Waals surface area contributed by atoms with Gasteiger partial charge in [-0.25, -0.2) is 12.7 Å². The zero-order chi connectivity index (χ0) is 11.8. The van der Waals surface area contributed by atoms with Gasteiger partial charge in [-0.1, -0.05) is 11.6 Å². The molecular formula is C9H13ClN2O2S. The Morgan fingerprint density at radius 1 is 1.33 bits per heavy atom. The summed E-state index contributed by atoms with van der Waals surface area (Å²) in [4.78, 5) is 0.159. The molecule has 0 radical (unpaired) electrons. The SMILES string of the molecule is Cc1cc(S(=O)(=O)N(C)C)cc(N)c1Cl. The van der Waals surface area contributed by atoms with E-state index in [1.807, 2.05) is 0 Å². The summed E-state index contributed by atoms with van der Waals surface area (Å²) in [6.45, 7) is 1.72. The van der Waals surface area contributed by atoms with Gasteiger partial charge in [0.05, 0.1) is 15.6 Å². The highest BCUT2D eigenvalue weighted by atomic mass is 35.5. The first-order valence-corrected chi connectivity index (χ1v) is 6.06. The predicted molar refractivity (Wildman–Crippen MR) is 61.5 cm³/mol. The number of hydrogen-bond acceptors (Lipinski definition) is 3. The van der Waals surface area contributed by atoms with Crippen LogP contribution in [0.25, 0.3) is 0 Å². The molecule has 0 saturated carbocycles. The molecule has 0 amide bonds. The van der Waals surface area contributed by atoms with Gasteiger partial charge in [-0.2, -0.15) is 0 Å². The highest BCUT2D eigenvalue weighted by Gasteiger charge is 2.19. The lowest BCUT2D eigenvalue weighted by molar-refractivity contribution is 0.520. The van der Waals surface area contributed by atoms with Crippen LogP contribution in [0.4, 0.5) is 5.69 Å². The van der Waals surface area contributed by atoms with Gasteiger partial charge in [0.2, 0.25) is 10.0 Å². The highest BCUT2D eigenvalue weighted by Crippen LogP contribution is 2.27. The molecule has 0 heterocycles. The Balaban J connectivity index is 3.42. The first-order chi connectivity index (χ1) is 6.76. The lowest BCUT2D eigenvalue weighted by Gasteiger charge is -2.13. The summed E-state index contributed by atoms with van der Waals surface area (Å²) >= 11 is 5.85. The number of hydrogen-bond donors (Lipinski definition) is 1. The summed E-state index contributed by atoms with van der Waals surface area (Å²) < 4.78 is 24.7. The van der Waals surface area contributed by atoms with Gasteiger partial charge >= 0.3 is 0 Å². The van der Waals surface area contributed by atoms with Gasteiger partial charge in [0.25, 0.3) is 0 Å². The molecule has 1 aromatic carbocycles. The third kappa shape index (κ3) is 2.25. The van der Waals surface area contributed by atoms with E-state index in [-0.39, 0.29) is 10.6 Å². The molecule has 6 heteroatoms. The molecule has 0 unspecified atom stereocenters. The Hall–Kier alpha value is -0.780. The van der Waals surface area contributed by atoms with E-state index < -0.39 is 10.0 Å². The van der Waals surface area contributed by atoms with E-state index >= 15 is 0 Å². The summed E-state index contributed by atoms with van der Waals surface area (Å²) in [5.74, 6) is 0. The fourth-order valence-electron chi connectivity index (χ4n) is 1.12. The zero-order valence-electron chi connectivity index (χ0n) is 8.78. The van der Waals surface area contributed by atoms with Crippen LogP contribution < -0.4 is 5.73 Å². The molecule has 0 aliphatic carbocycles. The van der Waals surface area contributed by atoms with E-state index in [1.165, 1.54) is 26.2 Å². The Morgan fingerprint density at radius 3 is 2.27 bits per heavy atom. The molecule has 0 bridgehead atoms. The zero-order valence-corrected chi connectivity index (χ0v) is 10.4. The van der Waals surface area contributed by atoms with Crippen LogP contribution >= 0.6 is 11.6 Å². The first kappa shape index (κ1) is 12.3. The molecule has 0 fully saturated rings. The van der Waals surface area contributed by atoms with Crippen LogP contribution in [0.5, 0.6) is 0 Å². The number of rotatable bonds is 2. The van der Waals surface area contributed by atoms with Crippen molar-refractivity contribution in [2.45, 2.75) is 11.8 Å². The number of nitrogens with two attached hydrogens (primary N) is 1. The topological polar surface area (TPSA) is 63.4 Å². The lowest BCUT2D eigenvalue weighted by Crippen LogP contribution is -2.22. The Labute approximate surface area is 94.7 Å². The van der Waals surface area contributed by atoms with Crippen molar-refractivity contribution in [1.29, 1.82) is 0 Å². The third-order valence-corrected chi connectivity index (χ3v) is 4.34. The summed E-state index contributed by atoms with van der Waals surface area (Å²) in [6.07, 6.45) is 0. The van der Waals surface area contributed by atoms with E-state index in [2.05, 4.69) is 0 Å². The smallest absolute Gasteiger partial charge is 0.242 e. The first-order valence-electron chi connectivity index (χ1n) is 4.25. The minimum absolute atomic E-state index is 0.159. The average Bonchev–Trinajstić information content (AvgIpc) is 2.13. The molecule has 4 nitrogen and oxygen atoms in total. The van der Waals surface area contributed by atoms with Crippen LogP contribution in [0.2, 0.25) is 5.02 Å². The van der Waals surface area contributed by atoms with Crippen molar-refractivity contribution in [3.8, 4) is 0 Å². The molecule has 0 aromatic heterocycles. The largest absolute Gasteiger partial charge is 0.397 e. The summed E-state index contributed by atoms with van der Waals surface area (Å²) in [7, 11) is -0.509. The number of nitrogen functional groups attached to an aromatic ring is 1. The van der Waals surface area contributed by atoms with Gasteiger partial charge in [0, 0.05) is 14.1 Å². The van der Waals surface area contributed by atoms with Crippen molar-refractivity contribution in [2.24, 2.45) is 0 Å². The second kappa shape index (κ2) is 4.00. The van der Waals surface area contributed by atoms with Crippen molar-refractivity contribution >= 4 is 27.3 Å². The maximum atomic E-state index is 11.8. The predicted octanol–water partition coefficient (Wildman–Crippen LogP) is 1.48. The second-order valence-corrected chi connectivity index (χ2v) is 5.96. The number of sulfonamides is 1. The van der Waals surface area contributed by atoms with E-state index in [0.717, 1.165) is 4.31 Å². The van der Waals surface area contributed by atoms with E-state index in [9.17, 15) is 8.42 Å². The van der Waals surface area contributed by atoms with Crippen molar-refractivity contribution < 1.29 is 8.42 Å². The van der Waals surface area contributed by atoms with Crippen molar-refractivity contribution in [2.75, 3.05) is 19.8 Å². The second-order valence-electron chi connectivity index (χ2n) is 3.43. The van der Waals surface area contributed by atoms with Gasteiger partial charge in [-0.3, -0.25) is 0 Å². The minimum atomic E-state index is -3.44.